The Morgan fingerprint density at radius 1 is 1.11 bits per heavy atom. The van der Waals surface area contributed by atoms with Gasteiger partial charge in [0.15, 0.2) is 25.5 Å². The first-order valence-corrected chi connectivity index (χ1v) is 19.5. The van der Waals surface area contributed by atoms with Crippen LogP contribution >= 0.6 is 0 Å². The number of aliphatic hydroxyl groups excluding tert-OH is 1. The van der Waals surface area contributed by atoms with Crippen molar-refractivity contribution in [3.63, 3.8) is 0 Å². The second-order valence-corrected chi connectivity index (χ2v) is 19.3. The van der Waals surface area contributed by atoms with Crippen LogP contribution in [-0.2, 0) is 10.8 Å². The van der Waals surface area contributed by atoms with Crippen LogP contribution in [-0.4, -0.2) is 68.0 Å². The van der Waals surface area contributed by atoms with Gasteiger partial charge >= 0.3 is 0 Å². The topological polar surface area (TPSA) is 150 Å². The Morgan fingerprint density at radius 2 is 1.76 bits per heavy atom. The average molecular weight is 655 g/mol. The molecule has 0 saturated carbocycles. The van der Waals surface area contributed by atoms with E-state index < -0.39 is 37.6 Å². The summed E-state index contributed by atoms with van der Waals surface area (Å²) < 4.78 is 24.8. The second kappa shape index (κ2) is 12.4. The monoisotopic (exact) mass is 654 g/mol. The fourth-order valence-corrected chi connectivity index (χ4v) is 8.16. The molecule has 0 fully saturated rings. The van der Waals surface area contributed by atoms with Gasteiger partial charge in [-0.1, -0.05) is 47.5 Å². The molecule has 2 aromatic heterocycles. The van der Waals surface area contributed by atoms with Gasteiger partial charge in [-0.2, -0.15) is 0 Å². The molecule has 0 unspecified atom stereocenters. The highest BCUT2D eigenvalue weighted by Crippen LogP contribution is 2.58. The molecule has 46 heavy (non-hydrogen) atoms. The van der Waals surface area contributed by atoms with Gasteiger partial charge in [-0.3, -0.25) is 9.59 Å². The number of carbonyl (C=O) groups is 2. The molecule has 4 atom stereocenters. The number of rotatable bonds is 11. The lowest BCUT2D eigenvalue weighted by Crippen LogP contribution is -2.64. The van der Waals surface area contributed by atoms with Crippen LogP contribution in [0.25, 0.3) is 0 Å². The zero-order valence-electron chi connectivity index (χ0n) is 28.8. The number of nitrogens with zero attached hydrogens (tertiary/aromatic N) is 3. The van der Waals surface area contributed by atoms with E-state index >= 15 is 0 Å². The van der Waals surface area contributed by atoms with Gasteiger partial charge in [0.1, 0.15) is 22.9 Å². The van der Waals surface area contributed by atoms with Crippen LogP contribution in [0.1, 0.15) is 105 Å². The number of anilines is 1. The smallest absolute Gasteiger partial charge is 0.265 e. The molecule has 2 heterocycles. The summed E-state index contributed by atoms with van der Waals surface area (Å²) in [6.45, 7) is 15.1. The van der Waals surface area contributed by atoms with E-state index in [0.717, 1.165) is 31.2 Å². The summed E-state index contributed by atoms with van der Waals surface area (Å²) in [6, 6.07) is -0.844. The molecule has 0 amide bonds. The maximum absolute atomic E-state index is 15.0. The molecule has 2 aromatic rings. The van der Waals surface area contributed by atoms with Crippen LogP contribution in [0.2, 0.25) is 18.1 Å². The quantitative estimate of drug-likeness (QED) is 0.206. The molecule has 3 N–H and O–H groups in total. The van der Waals surface area contributed by atoms with Crippen LogP contribution in [0.3, 0.4) is 0 Å². The maximum atomic E-state index is 15.0. The van der Waals surface area contributed by atoms with Gasteiger partial charge in [0, 0.05) is 31.1 Å². The number of Topliss-reactive ketones (excluding diaryl/α,β-unsaturated/α-hetero) is 2. The van der Waals surface area contributed by atoms with Crippen molar-refractivity contribution < 1.29 is 33.1 Å². The number of unbranched alkanes of at least 4 members (excludes halogenated alkanes) is 2. The highest BCUT2D eigenvalue weighted by atomic mass is 28.4. The van der Waals surface area contributed by atoms with Crippen molar-refractivity contribution in [3.8, 4) is 11.6 Å². The fraction of sp³-hybridized carbons (Fsp3) is 0.647. The Labute approximate surface area is 273 Å². The van der Waals surface area contributed by atoms with Crippen molar-refractivity contribution in [3.05, 3.63) is 40.0 Å². The third-order valence-corrected chi connectivity index (χ3v) is 14.7. The number of ether oxygens (including phenoxy) is 2. The van der Waals surface area contributed by atoms with E-state index in [1.807, 2.05) is 39.0 Å². The lowest BCUT2D eigenvalue weighted by Gasteiger charge is -2.53. The Balaban J connectivity index is 1.74. The molecule has 0 saturated heterocycles. The van der Waals surface area contributed by atoms with Gasteiger partial charge in [-0.05, 0) is 54.9 Å². The summed E-state index contributed by atoms with van der Waals surface area (Å²) in [5, 5.41) is 16.3. The summed E-state index contributed by atoms with van der Waals surface area (Å²) >= 11 is 0. The zero-order chi connectivity index (χ0) is 33.8. The summed E-state index contributed by atoms with van der Waals surface area (Å²) in [6.07, 6.45) is 5.70. The molecule has 0 spiro atoms. The molecule has 0 aromatic carbocycles. The van der Waals surface area contributed by atoms with E-state index in [1.54, 1.807) is 6.20 Å². The number of aliphatic hydroxyl groups is 1. The van der Waals surface area contributed by atoms with Crippen LogP contribution in [0.5, 0.6) is 11.6 Å². The summed E-state index contributed by atoms with van der Waals surface area (Å²) in [5.74, 6) is -1.15. The van der Waals surface area contributed by atoms with Crippen LogP contribution in [0.4, 0.5) is 5.82 Å². The molecule has 0 aliphatic heterocycles. The predicted octanol–water partition coefficient (Wildman–Crippen LogP) is 6.34. The Morgan fingerprint density at radius 3 is 2.37 bits per heavy atom. The third kappa shape index (κ3) is 5.35. The van der Waals surface area contributed by atoms with Gasteiger partial charge in [-0.25, -0.2) is 4.98 Å². The maximum Gasteiger partial charge on any atom is 0.265 e. The zero-order valence-corrected chi connectivity index (χ0v) is 29.8. The number of hydrogen-bond donors (Lipinski definition) is 2. The minimum absolute atomic E-state index is 0.0362. The molecule has 3 aliphatic carbocycles. The standard InChI is InChI=1S/C34H50N4O7Si/c1-10-12-14-42-22-18-36-31(38(6)7)20-16-19-17-21-26(35)28-25(32(37-44-28)43-15-13-11-2)30(41)34(21,45-46(8,9)33(3,4)5)29(40)23(19)27(39)24(20)22/h18-19,21,26,40H,10-17,35H2,1-9H3/t19-,21-,26-,34-/m0/s1. The second-order valence-electron chi connectivity index (χ2n) is 14.6. The van der Waals surface area contributed by atoms with E-state index in [-0.39, 0.29) is 39.4 Å². The first kappa shape index (κ1) is 34.1. The third-order valence-electron chi connectivity index (χ3n) is 10.2. The van der Waals surface area contributed by atoms with Crippen molar-refractivity contribution in [2.24, 2.45) is 17.6 Å². The number of fused-ring (bicyclic) bond motifs is 4. The van der Waals surface area contributed by atoms with Crippen LogP contribution in [0, 0.1) is 11.8 Å². The molecule has 5 rings (SSSR count). The van der Waals surface area contributed by atoms with Crippen LogP contribution < -0.4 is 20.1 Å². The van der Waals surface area contributed by atoms with Gasteiger partial charge in [0.2, 0.25) is 5.78 Å². The summed E-state index contributed by atoms with van der Waals surface area (Å²) in [4.78, 5) is 36.2. The number of aromatic nitrogens is 2. The van der Waals surface area contributed by atoms with Crippen molar-refractivity contribution in [2.45, 2.75) is 103 Å². The van der Waals surface area contributed by atoms with E-state index in [0.29, 0.717) is 43.2 Å². The lowest BCUT2D eigenvalue weighted by molar-refractivity contribution is -0.0273. The molecule has 12 heteroatoms. The number of ketones is 2. The first-order chi connectivity index (χ1) is 21.6. The molecule has 0 radical (unpaired) electrons. The van der Waals surface area contributed by atoms with Gasteiger partial charge in [-0.15, -0.1) is 0 Å². The van der Waals surface area contributed by atoms with E-state index in [9.17, 15) is 14.7 Å². The summed E-state index contributed by atoms with van der Waals surface area (Å²) in [7, 11) is 0.971. The van der Waals surface area contributed by atoms with E-state index in [1.165, 1.54) is 0 Å². The first-order valence-electron chi connectivity index (χ1n) is 16.5. The average Bonchev–Trinajstić information content (AvgIpc) is 3.40. The van der Waals surface area contributed by atoms with E-state index in [2.05, 4.69) is 37.8 Å². The predicted molar refractivity (Wildman–Crippen MR) is 177 cm³/mol. The normalized spacial score (nSPS) is 24.3. The number of nitrogens with two attached hydrogens (primary N) is 1. The number of hydrogen-bond acceptors (Lipinski definition) is 11. The Kier molecular flexibility index (Phi) is 9.21. The van der Waals surface area contributed by atoms with Gasteiger partial charge < -0.3 is 34.2 Å². The van der Waals surface area contributed by atoms with Crippen molar-refractivity contribution in [2.75, 3.05) is 32.2 Å². The number of carbonyl (C=O) groups excluding carboxylic acids is 2. The van der Waals surface area contributed by atoms with Crippen LogP contribution in [0.15, 0.2) is 22.1 Å². The number of allylic oxidation sites excluding steroid dienone is 1. The lowest BCUT2D eigenvalue weighted by atomic mass is 9.59. The molecule has 0 bridgehead atoms. The molecule has 11 nitrogen and oxygen atoms in total. The van der Waals surface area contributed by atoms with Crippen molar-refractivity contribution in [1.29, 1.82) is 0 Å². The van der Waals surface area contributed by atoms with E-state index in [4.69, 9.17) is 24.2 Å². The minimum atomic E-state index is -2.79. The Bertz CT molecular complexity index is 1540. The number of pyridine rings is 1. The highest BCUT2D eigenvalue weighted by Gasteiger charge is 2.66. The van der Waals surface area contributed by atoms with Crippen molar-refractivity contribution in [1.82, 2.24) is 10.1 Å². The van der Waals surface area contributed by atoms with Gasteiger partial charge in [0.25, 0.3) is 5.88 Å². The van der Waals surface area contributed by atoms with Gasteiger partial charge in [0.05, 0.1) is 31.0 Å². The molecule has 3 aliphatic rings. The molecular formula is C34H50N4O7Si. The molecule has 252 valence electrons. The van der Waals surface area contributed by atoms with Crippen molar-refractivity contribution >= 4 is 25.7 Å². The fourth-order valence-electron chi connectivity index (χ4n) is 6.71. The highest BCUT2D eigenvalue weighted by molar-refractivity contribution is 6.74. The molecular weight excluding hydrogens is 604 g/mol. The Hall–Kier alpha value is -3.22. The largest absolute Gasteiger partial charge is 0.508 e. The summed E-state index contributed by atoms with van der Waals surface area (Å²) in [5.41, 5.74) is 6.43. The minimum Gasteiger partial charge on any atom is -0.508 e. The SMILES string of the molecule is CCCCOc1cnc(N(C)C)c2c1C(=O)C1=C(O)[C@]3(O[Si](C)(C)C(C)(C)C)C(=O)c4c(OCCCC)noc4[C@@H](N)[C@@H]3C[C@@H]1C2.